The van der Waals surface area contributed by atoms with E-state index in [0.717, 1.165) is 4.31 Å². The SMILES string of the molecule is CC(=O)c1cccc(NC(=O)CNc2cccc(S(=O)(=O)N3CCNC(=O)C3)c2)c1. The third-order valence-electron chi connectivity index (χ3n) is 4.48. The Morgan fingerprint density at radius 1 is 1.10 bits per heavy atom. The molecule has 2 amide bonds. The van der Waals surface area contributed by atoms with Crippen molar-refractivity contribution in [1.82, 2.24) is 9.62 Å². The molecule has 1 heterocycles. The Bertz CT molecular complexity index is 1080. The molecule has 3 N–H and O–H groups in total. The number of hydrogen-bond acceptors (Lipinski definition) is 6. The lowest BCUT2D eigenvalue weighted by Gasteiger charge is -2.26. The number of amides is 2. The first-order valence-corrected chi connectivity index (χ1v) is 10.7. The van der Waals surface area contributed by atoms with Crippen LogP contribution in [-0.2, 0) is 19.6 Å². The number of benzene rings is 2. The molecule has 1 fully saturated rings. The Morgan fingerprint density at radius 3 is 2.57 bits per heavy atom. The summed E-state index contributed by atoms with van der Waals surface area (Å²) in [4.78, 5) is 35.2. The summed E-state index contributed by atoms with van der Waals surface area (Å²) < 4.78 is 26.6. The van der Waals surface area contributed by atoms with Gasteiger partial charge in [-0.2, -0.15) is 4.31 Å². The minimum atomic E-state index is -3.82. The van der Waals surface area contributed by atoms with Gasteiger partial charge < -0.3 is 16.0 Å². The summed E-state index contributed by atoms with van der Waals surface area (Å²) in [6.45, 7) is 1.59. The van der Waals surface area contributed by atoms with Crippen molar-refractivity contribution in [2.45, 2.75) is 11.8 Å². The van der Waals surface area contributed by atoms with E-state index in [-0.39, 0.29) is 48.7 Å². The zero-order valence-electron chi connectivity index (χ0n) is 16.3. The van der Waals surface area contributed by atoms with Gasteiger partial charge in [-0.1, -0.05) is 18.2 Å². The fourth-order valence-electron chi connectivity index (χ4n) is 2.94. The van der Waals surface area contributed by atoms with Crippen LogP contribution in [0.4, 0.5) is 11.4 Å². The lowest BCUT2D eigenvalue weighted by molar-refractivity contribution is -0.122. The number of piperazine rings is 1. The molecule has 1 aliphatic rings. The van der Waals surface area contributed by atoms with Crippen molar-refractivity contribution in [2.75, 3.05) is 36.8 Å². The number of rotatable bonds is 7. The van der Waals surface area contributed by atoms with E-state index in [0.29, 0.717) is 16.9 Å². The van der Waals surface area contributed by atoms with Gasteiger partial charge in [0, 0.05) is 30.0 Å². The van der Waals surface area contributed by atoms with E-state index in [1.807, 2.05) is 0 Å². The Hall–Kier alpha value is -3.24. The summed E-state index contributed by atoms with van der Waals surface area (Å²) in [6, 6.07) is 12.7. The Labute approximate surface area is 174 Å². The topological polar surface area (TPSA) is 125 Å². The molecular formula is C20H22N4O5S. The lowest BCUT2D eigenvalue weighted by atomic mass is 10.1. The number of carbonyl (C=O) groups is 3. The van der Waals surface area contributed by atoms with E-state index in [4.69, 9.17) is 0 Å². The van der Waals surface area contributed by atoms with Crippen molar-refractivity contribution in [3.05, 3.63) is 54.1 Å². The molecule has 0 atom stereocenters. The number of carbonyl (C=O) groups excluding carboxylic acids is 3. The number of anilines is 2. The van der Waals surface area contributed by atoms with Gasteiger partial charge in [0.05, 0.1) is 18.0 Å². The zero-order valence-corrected chi connectivity index (χ0v) is 17.2. The second-order valence-corrected chi connectivity index (χ2v) is 8.69. The van der Waals surface area contributed by atoms with E-state index in [1.165, 1.54) is 19.1 Å². The Kier molecular flexibility index (Phi) is 6.48. The molecule has 2 aromatic carbocycles. The molecule has 0 unspecified atom stereocenters. The van der Waals surface area contributed by atoms with Gasteiger partial charge in [0.2, 0.25) is 21.8 Å². The summed E-state index contributed by atoms with van der Waals surface area (Å²) in [7, 11) is -3.82. The number of Topliss-reactive ketones (excluding diaryl/α,β-unsaturated/α-hetero) is 1. The second-order valence-electron chi connectivity index (χ2n) is 6.76. The predicted octanol–water partition coefficient (Wildman–Crippen LogP) is 1.06. The van der Waals surface area contributed by atoms with Crippen LogP contribution in [0.25, 0.3) is 0 Å². The molecule has 0 aliphatic carbocycles. The fraction of sp³-hybridized carbons (Fsp3) is 0.250. The molecule has 0 saturated carbocycles. The molecule has 9 nitrogen and oxygen atoms in total. The second kappa shape index (κ2) is 9.06. The normalized spacial score (nSPS) is 14.6. The largest absolute Gasteiger partial charge is 0.376 e. The minimum absolute atomic E-state index is 0.0387. The van der Waals surface area contributed by atoms with Gasteiger partial charge >= 0.3 is 0 Å². The van der Waals surface area contributed by atoms with Crippen molar-refractivity contribution in [1.29, 1.82) is 0 Å². The molecule has 3 rings (SSSR count). The van der Waals surface area contributed by atoms with Crippen molar-refractivity contribution in [3.8, 4) is 0 Å². The van der Waals surface area contributed by atoms with Gasteiger partial charge in [-0.15, -0.1) is 0 Å². The van der Waals surface area contributed by atoms with Crippen LogP contribution >= 0.6 is 0 Å². The van der Waals surface area contributed by atoms with Crippen LogP contribution in [0.2, 0.25) is 0 Å². The third kappa shape index (κ3) is 5.22. The van der Waals surface area contributed by atoms with Crippen molar-refractivity contribution >= 4 is 39.0 Å². The van der Waals surface area contributed by atoms with Crippen LogP contribution in [0.3, 0.4) is 0 Å². The number of nitrogens with one attached hydrogen (secondary N) is 3. The first-order valence-electron chi connectivity index (χ1n) is 9.27. The highest BCUT2D eigenvalue weighted by Gasteiger charge is 2.29. The molecule has 0 bridgehead atoms. The van der Waals surface area contributed by atoms with Crippen LogP contribution in [0.15, 0.2) is 53.4 Å². The highest BCUT2D eigenvalue weighted by molar-refractivity contribution is 7.89. The van der Waals surface area contributed by atoms with Crippen LogP contribution in [0.1, 0.15) is 17.3 Å². The molecule has 158 valence electrons. The molecule has 10 heteroatoms. The average Bonchev–Trinajstić information content (AvgIpc) is 2.72. The maximum atomic E-state index is 12.8. The van der Waals surface area contributed by atoms with Gasteiger partial charge in [0.25, 0.3) is 0 Å². The molecule has 0 spiro atoms. The van der Waals surface area contributed by atoms with Gasteiger partial charge in [-0.05, 0) is 37.3 Å². The van der Waals surface area contributed by atoms with E-state index < -0.39 is 10.0 Å². The van der Waals surface area contributed by atoms with Crippen LogP contribution in [0, 0.1) is 0 Å². The summed E-state index contributed by atoms with van der Waals surface area (Å²) >= 11 is 0. The summed E-state index contributed by atoms with van der Waals surface area (Å²) in [5.41, 5.74) is 1.43. The average molecular weight is 430 g/mol. The summed E-state index contributed by atoms with van der Waals surface area (Å²) in [5, 5.41) is 8.16. The fourth-order valence-corrected chi connectivity index (χ4v) is 4.38. The molecule has 1 aliphatic heterocycles. The van der Waals surface area contributed by atoms with E-state index in [9.17, 15) is 22.8 Å². The lowest BCUT2D eigenvalue weighted by Crippen LogP contribution is -2.49. The number of nitrogens with zero attached hydrogens (tertiary/aromatic N) is 1. The number of ketones is 1. The number of hydrogen-bond donors (Lipinski definition) is 3. The maximum absolute atomic E-state index is 12.8. The third-order valence-corrected chi connectivity index (χ3v) is 6.32. The van der Waals surface area contributed by atoms with Crippen molar-refractivity contribution in [3.63, 3.8) is 0 Å². The molecular weight excluding hydrogens is 408 g/mol. The summed E-state index contributed by atoms with van der Waals surface area (Å²) in [5.74, 6) is -0.797. The van der Waals surface area contributed by atoms with Gasteiger partial charge in [0.1, 0.15) is 0 Å². The highest BCUT2D eigenvalue weighted by atomic mass is 32.2. The summed E-state index contributed by atoms with van der Waals surface area (Å²) in [6.07, 6.45) is 0. The molecule has 1 saturated heterocycles. The molecule has 0 aromatic heterocycles. The van der Waals surface area contributed by atoms with Crippen molar-refractivity contribution in [2.24, 2.45) is 0 Å². The van der Waals surface area contributed by atoms with E-state index >= 15 is 0 Å². The van der Waals surface area contributed by atoms with E-state index in [2.05, 4.69) is 16.0 Å². The maximum Gasteiger partial charge on any atom is 0.243 e. The first-order chi connectivity index (χ1) is 14.3. The highest BCUT2D eigenvalue weighted by Crippen LogP contribution is 2.20. The van der Waals surface area contributed by atoms with Crippen LogP contribution < -0.4 is 16.0 Å². The minimum Gasteiger partial charge on any atom is -0.376 e. The van der Waals surface area contributed by atoms with Gasteiger partial charge in [-0.25, -0.2) is 8.42 Å². The predicted molar refractivity (Wildman–Crippen MR) is 112 cm³/mol. The molecule has 2 aromatic rings. The van der Waals surface area contributed by atoms with Crippen LogP contribution in [-0.4, -0.2) is 56.5 Å². The molecule has 0 radical (unpaired) electrons. The van der Waals surface area contributed by atoms with E-state index in [1.54, 1.807) is 36.4 Å². The Morgan fingerprint density at radius 2 is 1.83 bits per heavy atom. The number of sulfonamides is 1. The Balaban J connectivity index is 1.64. The zero-order chi connectivity index (χ0) is 21.7. The monoisotopic (exact) mass is 430 g/mol. The van der Waals surface area contributed by atoms with Crippen LogP contribution in [0.5, 0.6) is 0 Å². The smallest absolute Gasteiger partial charge is 0.243 e. The quantitative estimate of drug-likeness (QED) is 0.564. The van der Waals surface area contributed by atoms with Gasteiger partial charge in [0.15, 0.2) is 5.78 Å². The molecule has 30 heavy (non-hydrogen) atoms. The first kappa shape index (κ1) is 21.5. The van der Waals surface area contributed by atoms with Crippen molar-refractivity contribution < 1.29 is 22.8 Å². The standard InChI is InChI=1S/C20H22N4O5S/c1-14(25)15-4-2-6-17(10-15)23-19(26)12-22-16-5-3-7-18(11-16)30(28,29)24-9-8-21-20(27)13-24/h2-7,10-11,22H,8-9,12-13H2,1H3,(H,21,27)(H,23,26). The van der Waals surface area contributed by atoms with Gasteiger partial charge in [-0.3, -0.25) is 14.4 Å².